The van der Waals surface area contributed by atoms with Crippen LogP contribution in [0, 0.1) is 5.92 Å². The van der Waals surface area contributed by atoms with Gasteiger partial charge in [-0.1, -0.05) is 0 Å². The maximum atomic E-state index is 11.7. The summed E-state index contributed by atoms with van der Waals surface area (Å²) in [5, 5.41) is 6.21. The molecule has 2 rings (SSSR count). The van der Waals surface area contributed by atoms with Crippen molar-refractivity contribution in [2.45, 2.75) is 25.8 Å². The van der Waals surface area contributed by atoms with Gasteiger partial charge in [-0.05, 0) is 44.5 Å². The quantitative estimate of drug-likeness (QED) is 0.811. The van der Waals surface area contributed by atoms with Gasteiger partial charge in [0.2, 0.25) is 5.91 Å². The van der Waals surface area contributed by atoms with Crippen molar-refractivity contribution in [1.29, 1.82) is 0 Å². The first-order valence-corrected chi connectivity index (χ1v) is 5.79. The summed E-state index contributed by atoms with van der Waals surface area (Å²) in [7, 11) is 0. The van der Waals surface area contributed by atoms with Gasteiger partial charge in [-0.25, -0.2) is 0 Å². The molecular formula is C12H18N2O2. The van der Waals surface area contributed by atoms with Crippen LogP contribution in [0.15, 0.2) is 22.8 Å². The minimum Gasteiger partial charge on any atom is -0.467 e. The van der Waals surface area contributed by atoms with Crippen LogP contribution < -0.4 is 10.6 Å². The zero-order valence-electron chi connectivity index (χ0n) is 9.53. The highest BCUT2D eigenvalue weighted by molar-refractivity contribution is 5.76. The fourth-order valence-corrected chi connectivity index (χ4v) is 2.06. The van der Waals surface area contributed by atoms with Gasteiger partial charge in [-0.2, -0.15) is 0 Å². The average molecular weight is 222 g/mol. The molecule has 2 heterocycles. The van der Waals surface area contributed by atoms with Crippen LogP contribution in [0.5, 0.6) is 0 Å². The second-order valence-corrected chi connectivity index (χ2v) is 4.37. The maximum absolute atomic E-state index is 11.7. The SMILES string of the molecule is C[C@H](NC(=O)CC1CCNC1)c1ccco1. The Balaban J connectivity index is 1.78. The molecule has 88 valence electrons. The van der Waals surface area contributed by atoms with Crippen LogP contribution in [0.1, 0.15) is 31.6 Å². The molecule has 4 nitrogen and oxygen atoms in total. The predicted octanol–water partition coefficient (Wildman–Crippen LogP) is 1.46. The second kappa shape index (κ2) is 5.16. The van der Waals surface area contributed by atoms with Gasteiger partial charge in [0.25, 0.3) is 0 Å². The van der Waals surface area contributed by atoms with E-state index >= 15 is 0 Å². The third kappa shape index (κ3) is 2.85. The zero-order valence-corrected chi connectivity index (χ0v) is 9.53. The number of rotatable bonds is 4. The summed E-state index contributed by atoms with van der Waals surface area (Å²) in [4.78, 5) is 11.7. The predicted molar refractivity (Wildman–Crippen MR) is 60.9 cm³/mol. The summed E-state index contributed by atoms with van der Waals surface area (Å²) in [5.74, 6) is 1.40. The number of nitrogens with one attached hydrogen (secondary N) is 2. The minimum absolute atomic E-state index is 0.0446. The van der Waals surface area contributed by atoms with Crippen molar-refractivity contribution in [2.24, 2.45) is 5.92 Å². The third-order valence-electron chi connectivity index (χ3n) is 2.98. The molecular weight excluding hydrogens is 204 g/mol. The first-order chi connectivity index (χ1) is 7.75. The fraction of sp³-hybridized carbons (Fsp3) is 0.583. The maximum Gasteiger partial charge on any atom is 0.220 e. The summed E-state index contributed by atoms with van der Waals surface area (Å²) in [6.45, 7) is 3.93. The highest BCUT2D eigenvalue weighted by Gasteiger charge is 2.19. The number of amides is 1. The summed E-state index contributed by atoms with van der Waals surface area (Å²) in [5.41, 5.74) is 0. The van der Waals surface area contributed by atoms with Crippen LogP contribution in [0.2, 0.25) is 0 Å². The smallest absolute Gasteiger partial charge is 0.220 e. The van der Waals surface area contributed by atoms with Crippen LogP contribution in [0.3, 0.4) is 0 Å². The number of hydrogen-bond donors (Lipinski definition) is 2. The Bertz CT molecular complexity index is 329. The lowest BCUT2D eigenvalue weighted by Gasteiger charge is -2.13. The van der Waals surface area contributed by atoms with Gasteiger partial charge in [0.05, 0.1) is 12.3 Å². The van der Waals surface area contributed by atoms with Gasteiger partial charge < -0.3 is 15.1 Å². The Hall–Kier alpha value is -1.29. The van der Waals surface area contributed by atoms with Gasteiger partial charge in [0.1, 0.15) is 5.76 Å². The van der Waals surface area contributed by atoms with Crippen molar-refractivity contribution in [3.05, 3.63) is 24.2 Å². The molecule has 1 aromatic rings. The Morgan fingerprint density at radius 2 is 2.62 bits per heavy atom. The van der Waals surface area contributed by atoms with Crippen molar-refractivity contribution >= 4 is 5.91 Å². The third-order valence-corrected chi connectivity index (χ3v) is 2.98. The van der Waals surface area contributed by atoms with Crippen LogP contribution in [0.4, 0.5) is 0 Å². The lowest BCUT2D eigenvalue weighted by atomic mass is 10.0. The molecule has 1 saturated heterocycles. The van der Waals surface area contributed by atoms with Crippen LogP contribution >= 0.6 is 0 Å². The molecule has 1 unspecified atom stereocenters. The number of carbonyl (C=O) groups is 1. The molecule has 0 spiro atoms. The number of hydrogen-bond acceptors (Lipinski definition) is 3. The second-order valence-electron chi connectivity index (χ2n) is 4.37. The van der Waals surface area contributed by atoms with Crippen molar-refractivity contribution in [1.82, 2.24) is 10.6 Å². The van der Waals surface area contributed by atoms with E-state index in [1.807, 2.05) is 19.1 Å². The molecule has 0 aliphatic carbocycles. The molecule has 0 aromatic carbocycles. The van der Waals surface area contributed by atoms with Crippen molar-refractivity contribution < 1.29 is 9.21 Å². The highest BCUT2D eigenvalue weighted by Crippen LogP contribution is 2.15. The molecule has 0 bridgehead atoms. The summed E-state index contributed by atoms with van der Waals surface area (Å²) in [6.07, 6.45) is 3.33. The van der Waals surface area contributed by atoms with E-state index in [9.17, 15) is 4.79 Å². The lowest BCUT2D eigenvalue weighted by molar-refractivity contribution is -0.122. The molecule has 0 saturated carbocycles. The monoisotopic (exact) mass is 222 g/mol. The van der Waals surface area contributed by atoms with Crippen LogP contribution in [-0.4, -0.2) is 19.0 Å². The lowest BCUT2D eigenvalue weighted by Crippen LogP contribution is -2.28. The average Bonchev–Trinajstić information content (AvgIpc) is 2.88. The largest absolute Gasteiger partial charge is 0.467 e. The van der Waals surface area contributed by atoms with E-state index in [4.69, 9.17) is 4.42 Å². The van der Waals surface area contributed by atoms with E-state index in [1.165, 1.54) is 0 Å². The minimum atomic E-state index is -0.0446. The topological polar surface area (TPSA) is 54.3 Å². The molecule has 2 atom stereocenters. The van der Waals surface area contributed by atoms with E-state index in [-0.39, 0.29) is 11.9 Å². The number of furan rings is 1. The van der Waals surface area contributed by atoms with Gasteiger partial charge in [0.15, 0.2) is 0 Å². The molecule has 1 aliphatic heterocycles. The molecule has 1 aliphatic rings. The molecule has 1 aromatic heterocycles. The van der Waals surface area contributed by atoms with E-state index < -0.39 is 0 Å². The number of carbonyl (C=O) groups excluding carboxylic acids is 1. The van der Waals surface area contributed by atoms with Crippen LogP contribution in [-0.2, 0) is 4.79 Å². The van der Waals surface area contributed by atoms with E-state index in [0.717, 1.165) is 25.3 Å². The van der Waals surface area contributed by atoms with Gasteiger partial charge >= 0.3 is 0 Å². The summed E-state index contributed by atoms with van der Waals surface area (Å²) in [6, 6.07) is 3.66. The Morgan fingerprint density at radius 3 is 3.25 bits per heavy atom. The Kier molecular flexibility index (Phi) is 3.62. The summed E-state index contributed by atoms with van der Waals surface area (Å²) >= 11 is 0. The van der Waals surface area contributed by atoms with Gasteiger partial charge in [-0.3, -0.25) is 4.79 Å². The molecule has 2 N–H and O–H groups in total. The molecule has 1 amide bonds. The highest BCUT2D eigenvalue weighted by atomic mass is 16.3. The fourth-order valence-electron chi connectivity index (χ4n) is 2.06. The van der Waals surface area contributed by atoms with Gasteiger partial charge in [-0.15, -0.1) is 0 Å². The standard InChI is InChI=1S/C12H18N2O2/c1-9(11-3-2-6-16-11)14-12(15)7-10-4-5-13-8-10/h2-3,6,9-10,13H,4-5,7-8H2,1H3,(H,14,15)/t9-,10?/m0/s1. The van der Waals surface area contributed by atoms with Gasteiger partial charge in [0, 0.05) is 6.42 Å². The molecule has 16 heavy (non-hydrogen) atoms. The van der Waals surface area contributed by atoms with Crippen molar-refractivity contribution in [2.75, 3.05) is 13.1 Å². The van der Waals surface area contributed by atoms with Crippen molar-refractivity contribution in [3.63, 3.8) is 0 Å². The first-order valence-electron chi connectivity index (χ1n) is 5.79. The molecule has 4 heteroatoms. The summed E-state index contributed by atoms with van der Waals surface area (Å²) < 4.78 is 5.24. The van der Waals surface area contributed by atoms with E-state index in [2.05, 4.69) is 10.6 Å². The normalized spacial score (nSPS) is 21.9. The van der Waals surface area contributed by atoms with Crippen LogP contribution in [0.25, 0.3) is 0 Å². The van der Waals surface area contributed by atoms with E-state index in [0.29, 0.717) is 12.3 Å². The Morgan fingerprint density at radius 1 is 1.75 bits per heavy atom. The first kappa shape index (κ1) is 11.2. The Labute approximate surface area is 95.4 Å². The van der Waals surface area contributed by atoms with Crippen molar-refractivity contribution in [3.8, 4) is 0 Å². The van der Waals surface area contributed by atoms with E-state index in [1.54, 1.807) is 6.26 Å². The molecule has 1 fully saturated rings. The zero-order chi connectivity index (χ0) is 11.4. The molecule has 0 radical (unpaired) electrons.